The summed E-state index contributed by atoms with van der Waals surface area (Å²) in [6.07, 6.45) is -4.55. The van der Waals surface area contributed by atoms with Crippen molar-refractivity contribution in [3.63, 3.8) is 0 Å². The number of nitrogens with one attached hydrogen (secondary N) is 2. The van der Waals surface area contributed by atoms with E-state index in [1.54, 1.807) is 20.8 Å². The highest BCUT2D eigenvalue weighted by Crippen LogP contribution is 2.30. The van der Waals surface area contributed by atoms with Gasteiger partial charge in [-0.1, -0.05) is 52.8 Å². The molecule has 1 rings (SSSR count). The Bertz CT molecular complexity index is 974. The fourth-order valence-corrected chi connectivity index (χ4v) is 3.83. The second kappa shape index (κ2) is 12.9. The number of likely N-dealkylation sites (N-methyl/N-ethyl adjacent to an activating group) is 1. The van der Waals surface area contributed by atoms with Crippen molar-refractivity contribution in [2.45, 2.75) is 65.7 Å². The van der Waals surface area contributed by atoms with Crippen molar-refractivity contribution in [3.05, 3.63) is 45.5 Å². The zero-order valence-corrected chi connectivity index (χ0v) is 22.3. The predicted molar refractivity (Wildman–Crippen MR) is 132 cm³/mol. The molecule has 1 aromatic carbocycles. The second-order valence-corrected chi connectivity index (χ2v) is 10.8. The molecule has 0 bridgehead atoms. The first-order valence-corrected chi connectivity index (χ1v) is 11.9. The summed E-state index contributed by atoms with van der Waals surface area (Å²) in [5.74, 6) is -2.90. The number of hydrogen-bond acceptors (Lipinski definition) is 5. The molecule has 37 heavy (non-hydrogen) atoms. The van der Waals surface area contributed by atoms with E-state index in [0.29, 0.717) is 0 Å². The van der Waals surface area contributed by atoms with Crippen LogP contribution in [0.1, 0.15) is 52.2 Å². The zero-order chi connectivity index (χ0) is 28.7. The third-order valence-corrected chi connectivity index (χ3v) is 5.66. The Morgan fingerprint density at radius 2 is 1.65 bits per heavy atom. The van der Waals surface area contributed by atoms with Crippen LogP contribution in [0.25, 0.3) is 0 Å². The molecular formula is C25H37F3N4O5. The van der Waals surface area contributed by atoms with Crippen LogP contribution in [0, 0.1) is 27.4 Å². The molecule has 0 aliphatic rings. The van der Waals surface area contributed by atoms with E-state index in [1.807, 2.05) is 13.8 Å². The number of benzene rings is 1. The second-order valence-electron chi connectivity index (χ2n) is 10.8. The molecule has 3 atom stereocenters. The number of nitrogens with zero attached hydrogens (tertiary/aromatic N) is 2. The lowest BCUT2D eigenvalue weighted by Crippen LogP contribution is -2.59. The van der Waals surface area contributed by atoms with Gasteiger partial charge in [0.25, 0.3) is 0 Å². The average Bonchev–Trinajstić information content (AvgIpc) is 2.73. The van der Waals surface area contributed by atoms with Gasteiger partial charge in [-0.15, -0.1) is 0 Å². The Hall–Kier alpha value is -3.18. The van der Waals surface area contributed by atoms with Gasteiger partial charge in [-0.3, -0.25) is 24.5 Å². The molecule has 0 unspecified atom stereocenters. The Balaban J connectivity index is 3.23. The van der Waals surface area contributed by atoms with Gasteiger partial charge in [0.15, 0.2) is 0 Å². The number of carbonyl (C=O) groups is 3. The minimum Gasteiger partial charge on any atom is -0.347 e. The third-order valence-electron chi connectivity index (χ3n) is 5.66. The molecule has 3 amide bonds. The highest BCUT2D eigenvalue weighted by molar-refractivity contribution is 5.93. The Morgan fingerprint density at radius 1 is 1.05 bits per heavy atom. The monoisotopic (exact) mass is 530 g/mol. The lowest BCUT2D eigenvalue weighted by atomic mass is 9.85. The van der Waals surface area contributed by atoms with Crippen molar-refractivity contribution >= 4 is 17.7 Å². The van der Waals surface area contributed by atoms with Crippen molar-refractivity contribution < 1.29 is 32.5 Å². The number of halogens is 3. The number of carbonyl (C=O) groups excluding carboxylic acids is 3. The van der Waals surface area contributed by atoms with Crippen LogP contribution in [0.3, 0.4) is 0 Å². The Kier molecular flexibility index (Phi) is 11.1. The fourth-order valence-electron chi connectivity index (χ4n) is 3.83. The topological polar surface area (TPSA) is 122 Å². The van der Waals surface area contributed by atoms with Gasteiger partial charge in [0.05, 0.1) is 5.56 Å². The Morgan fingerprint density at radius 3 is 2.11 bits per heavy atom. The van der Waals surface area contributed by atoms with Crippen LogP contribution in [0.4, 0.5) is 13.2 Å². The van der Waals surface area contributed by atoms with Crippen LogP contribution in [-0.2, 0) is 27.0 Å². The summed E-state index contributed by atoms with van der Waals surface area (Å²) in [5, 5.41) is 16.3. The van der Waals surface area contributed by atoms with E-state index in [-0.39, 0.29) is 24.3 Å². The summed E-state index contributed by atoms with van der Waals surface area (Å²) in [6.45, 7) is 8.08. The first kappa shape index (κ1) is 31.8. The summed E-state index contributed by atoms with van der Waals surface area (Å²) in [7, 11) is 2.90. The van der Waals surface area contributed by atoms with Crippen LogP contribution in [0.15, 0.2) is 24.3 Å². The molecule has 0 saturated heterocycles. The molecule has 9 nitrogen and oxygen atoms in total. The van der Waals surface area contributed by atoms with E-state index in [2.05, 4.69) is 10.6 Å². The highest BCUT2D eigenvalue weighted by Gasteiger charge is 2.38. The number of rotatable bonds is 11. The molecule has 0 saturated carbocycles. The van der Waals surface area contributed by atoms with Crippen molar-refractivity contribution in [2.75, 3.05) is 20.6 Å². The van der Waals surface area contributed by atoms with Crippen LogP contribution in [-0.4, -0.2) is 60.3 Å². The van der Waals surface area contributed by atoms with Crippen LogP contribution in [0.2, 0.25) is 0 Å². The normalized spacial score (nSPS) is 14.5. The first-order valence-electron chi connectivity index (χ1n) is 11.9. The molecule has 12 heteroatoms. The SMILES string of the molecule is CC(C)C[C@H](C[N+](=O)[O-])C(=O)N[C@H](C(=O)N[C@H](Cc1cccc(C(F)(F)F)c1)C(=O)N(C)C)C(C)(C)C. The molecule has 0 fully saturated rings. The molecule has 0 heterocycles. The van der Waals surface area contributed by atoms with E-state index >= 15 is 0 Å². The van der Waals surface area contributed by atoms with Crippen LogP contribution in [0.5, 0.6) is 0 Å². The molecule has 1 aromatic rings. The van der Waals surface area contributed by atoms with Crippen molar-refractivity contribution in [1.29, 1.82) is 0 Å². The average molecular weight is 531 g/mol. The molecule has 0 aliphatic carbocycles. The van der Waals surface area contributed by atoms with Gasteiger partial charge in [0.2, 0.25) is 24.3 Å². The molecule has 0 aromatic heterocycles. The largest absolute Gasteiger partial charge is 0.416 e. The predicted octanol–water partition coefficient (Wildman–Crippen LogP) is 3.29. The summed E-state index contributed by atoms with van der Waals surface area (Å²) < 4.78 is 39.5. The molecular weight excluding hydrogens is 493 g/mol. The summed E-state index contributed by atoms with van der Waals surface area (Å²) in [6, 6.07) is 2.10. The van der Waals surface area contributed by atoms with Gasteiger partial charge in [-0.25, -0.2) is 0 Å². The van der Waals surface area contributed by atoms with E-state index in [0.717, 1.165) is 12.1 Å². The van der Waals surface area contributed by atoms with Crippen LogP contribution >= 0.6 is 0 Å². The van der Waals surface area contributed by atoms with Crippen LogP contribution < -0.4 is 10.6 Å². The number of nitro groups is 1. The van der Waals surface area contributed by atoms with Gasteiger partial charge in [-0.2, -0.15) is 13.2 Å². The number of amides is 3. The maximum absolute atomic E-state index is 13.3. The van der Waals surface area contributed by atoms with E-state index in [9.17, 15) is 37.7 Å². The molecule has 2 N–H and O–H groups in total. The number of alkyl halides is 3. The lowest BCUT2D eigenvalue weighted by molar-refractivity contribution is -0.486. The lowest BCUT2D eigenvalue weighted by Gasteiger charge is -2.33. The Labute approximate surface area is 215 Å². The zero-order valence-electron chi connectivity index (χ0n) is 22.3. The van der Waals surface area contributed by atoms with Gasteiger partial charge in [0.1, 0.15) is 18.0 Å². The summed E-state index contributed by atoms with van der Waals surface area (Å²) >= 11 is 0. The van der Waals surface area contributed by atoms with Gasteiger partial charge < -0.3 is 15.5 Å². The summed E-state index contributed by atoms with van der Waals surface area (Å²) in [5.41, 5.74) is -1.54. The van der Waals surface area contributed by atoms with E-state index < -0.39 is 64.3 Å². The molecule has 0 aliphatic heterocycles. The quantitative estimate of drug-likeness (QED) is 0.336. The standard InChI is InChI=1S/C25H37F3N4O5/c1-15(2)11-17(14-32(36)37)21(33)30-20(24(3,4)5)22(34)29-19(23(35)31(6)7)13-16-9-8-10-18(12-16)25(26,27)28/h8-10,12,15,17,19-20H,11,13-14H2,1-7H3,(H,29,34)(H,30,33)/t17-,19-,20-/m1/s1. The minimum atomic E-state index is -4.57. The molecule has 0 radical (unpaired) electrons. The number of hydrogen-bond donors (Lipinski definition) is 2. The van der Waals surface area contributed by atoms with Gasteiger partial charge >= 0.3 is 6.18 Å². The van der Waals surface area contributed by atoms with Crippen molar-refractivity contribution in [1.82, 2.24) is 15.5 Å². The smallest absolute Gasteiger partial charge is 0.347 e. The summed E-state index contributed by atoms with van der Waals surface area (Å²) in [4.78, 5) is 50.8. The third kappa shape index (κ3) is 10.4. The van der Waals surface area contributed by atoms with E-state index in [1.165, 1.54) is 31.1 Å². The minimum absolute atomic E-state index is 0.00725. The molecule has 0 spiro atoms. The highest BCUT2D eigenvalue weighted by atomic mass is 19.4. The van der Waals surface area contributed by atoms with Crippen molar-refractivity contribution in [3.8, 4) is 0 Å². The van der Waals surface area contributed by atoms with Gasteiger partial charge in [0, 0.05) is 25.4 Å². The van der Waals surface area contributed by atoms with Crippen molar-refractivity contribution in [2.24, 2.45) is 17.3 Å². The molecule has 208 valence electrons. The maximum Gasteiger partial charge on any atom is 0.416 e. The fraction of sp³-hybridized carbons (Fsp3) is 0.640. The van der Waals surface area contributed by atoms with Gasteiger partial charge in [-0.05, 0) is 29.4 Å². The van der Waals surface area contributed by atoms with E-state index in [4.69, 9.17) is 0 Å². The maximum atomic E-state index is 13.3. The first-order chi connectivity index (χ1) is 16.8.